The second-order valence-corrected chi connectivity index (χ2v) is 6.93. The van der Waals surface area contributed by atoms with Gasteiger partial charge in [-0.15, -0.1) is 0 Å². The van der Waals surface area contributed by atoms with Crippen LogP contribution in [-0.4, -0.2) is 46.9 Å². The number of hydrogen-bond acceptors (Lipinski definition) is 4. The monoisotopic (exact) mass is 395 g/mol. The second-order valence-electron chi connectivity index (χ2n) is 6.93. The first-order valence-electron chi connectivity index (χ1n) is 9.53. The molecule has 0 saturated carbocycles. The van der Waals surface area contributed by atoms with Crippen molar-refractivity contribution < 1.29 is 18.7 Å². The van der Waals surface area contributed by atoms with E-state index in [1.54, 1.807) is 35.0 Å². The van der Waals surface area contributed by atoms with Gasteiger partial charge in [0.25, 0.3) is 5.91 Å². The van der Waals surface area contributed by atoms with Crippen LogP contribution in [0.15, 0.2) is 54.7 Å². The van der Waals surface area contributed by atoms with Crippen LogP contribution in [0, 0.1) is 5.82 Å². The molecule has 7 heteroatoms. The highest BCUT2D eigenvalue weighted by atomic mass is 19.1. The highest BCUT2D eigenvalue weighted by Crippen LogP contribution is 2.31. The number of likely N-dealkylation sites (N-methyl/N-ethyl adjacent to an activating group) is 1. The molecule has 150 valence electrons. The molecule has 3 aromatic rings. The number of hydrogen-bond donors (Lipinski definition) is 0. The first-order chi connectivity index (χ1) is 14.1. The summed E-state index contributed by atoms with van der Waals surface area (Å²) in [6.45, 7) is 2.73. The van der Waals surface area contributed by atoms with E-state index in [0.29, 0.717) is 42.3 Å². The molecule has 29 heavy (non-hydrogen) atoms. The molecule has 0 bridgehead atoms. The van der Waals surface area contributed by atoms with Gasteiger partial charge in [0.05, 0.1) is 29.7 Å². The van der Waals surface area contributed by atoms with Gasteiger partial charge in [-0.1, -0.05) is 19.1 Å². The van der Waals surface area contributed by atoms with Crippen LogP contribution in [0.4, 0.5) is 4.39 Å². The molecule has 0 fully saturated rings. The van der Waals surface area contributed by atoms with Crippen molar-refractivity contribution in [1.29, 1.82) is 0 Å². The third kappa shape index (κ3) is 3.81. The molecule has 0 spiro atoms. The summed E-state index contributed by atoms with van der Waals surface area (Å²) in [6, 6.07) is 13.5. The van der Waals surface area contributed by atoms with Crippen molar-refractivity contribution in [2.45, 2.75) is 19.4 Å². The van der Waals surface area contributed by atoms with Crippen LogP contribution in [0.3, 0.4) is 0 Å². The molecule has 1 unspecified atom stereocenters. The fraction of sp³-hybridized carbons (Fsp3) is 0.273. The largest absolute Gasteiger partial charge is 0.486 e. The van der Waals surface area contributed by atoms with Crippen LogP contribution in [0.2, 0.25) is 0 Å². The van der Waals surface area contributed by atoms with E-state index in [9.17, 15) is 9.18 Å². The first kappa shape index (κ1) is 19.0. The smallest absolute Gasteiger partial charge is 0.257 e. The molecular formula is C22H22FN3O3. The normalized spacial score (nSPS) is 15.2. The van der Waals surface area contributed by atoms with Crippen molar-refractivity contribution in [1.82, 2.24) is 14.7 Å². The van der Waals surface area contributed by atoms with Gasteiger partial charge in [-0.3, -0.25) is 4.79 Å². The van der Waals surface area contributed by atoms with E-state index in [0.717, 1.165) is 5.69 Å². The predicted molar refractivity (Wildman–Crippen MR) is 106 cm³/mol. The summed E-state index contributed by atoms with van der Waals surface area (Å²) in [4.78, 5) is 14.7. The van der Waals surface area contributed by atoms with Crippen molar-refractivity contribution in [2.24, 2.45) is 0 Å². The standard InChI is InChI=1S/C22H22FN3O3/c1-3-19-18(12-24-26(19)16-10-8-15(23)9-11-16)22(27)25(2)13-17-14-28-20-6-4-5-7-21(20)29-17/h4-12,17H,3,13-14H2,1-2H3. The SMILES string of the molecule is CCc1c(C(=O)N(C)CC2COc3ccccc3O2)cnn1-c1ccc(F)cc1. The van der Waals surface area contributed by atoms with Gasteiger partial charge < -0.3 is 14.4 Å². The van der Waals surface area contributed by atoms with Crippen molar-refractivity contribution in [3.05, 3.63) is 71.8 Å². The summed E-state index contributed by atoms with van der Waals surface area (Å²) in [5.41, 5.74) is 2.02. The Morgan fingerprint density at radius 3 is 2.66 bits per heavy atom. The van der Waals surface area contributed by atoms with Crippen LogP contribution in [-0.2, 0) is 6.42 Å². The number of benzene rings is 2. The van der Waals surface area contributed by atoms with E-state index in [1.165, 1.54) is 12.1 Å². The fourth-order valence-corrected chi connectivity index (χ4v) is 3.44. The summed E-state index contributed by atoms with van der Waals surface area (Å²) >= 11 is 0. The number of rotatable bonds is 5. The van der Waals surface area contributed by atoms with Crippen molar-refractivity contribution in [2.75, 3.05) is 20.2 Å². The van der Waals surface area contributed by atoms with Gasteiger partial charge in [0.1, 0.15) is 12.4 Å². The molecule has 1 aliphatic heterocycles. The topological polar surface area (TPSA) is 56.6 Å². The molecule has 1 aliphatic rings. The Labute approximate surface area is 168 Å². The fourth-order valence-electron chi connectivity index (χ4n) is 3.44. The van der Waals surface area contributed by atoms with Gasteiger partial charge in [-0.05, 0) is 42.8 Å². The minimum atomic E-state index is -0.314. The van der Waals surface area contributed by atoms with Crippen molar-refractivity contribution >= 4 is 5.91 Å². The Hall–Kier alpha value is -3.35. The maximum absolute atomic E-state index is 13.2. The van der Waals surface area contributed by atoms with E-state index in [2.05, 4.69) is 5.10 Å². The lowest BCUT2D eigenvalue weighted by atomic mass is 10.1. The number of nitrogens with zero attached hydrogens (tertiary/aromatic N) is 3. The van der Waals surface area contributed by atoms with E-state index >= 15 is 0 Å². The maximum Gasteiger partial charge on any atom is 0.257 e. The van der Waals surface area contributed by atoms with Crippen LogP contribution in [0.25, 0.3) is 5.69 Å². The molecule has 1 aromatic heterocycles. The molecule has 4 rings (SSSR count). The van der Waals surface area contributed by atoms with Crippen LogP contribution >= 0.6 is 0 Å². The Bertz CT molecular complexity index is 1020. The van der Waals surface area contributed by atoms with Gasteiger partial charge in [0.15, 0.2) is 17.6 Å². The molecule has 0 N–H and O–H groups in total. The van der Waals surface area contributed by atoms with E-state index < -0.39 is 0 Å². The number of carbonyl (C=O) groups excluding carboxylic acids is 1. The minimum Gasteiger partial charge on any atom is -0.486 e. The van der Waals surface area contributed by atoms with Gasteiger partial charge in [-0.2, -0.15) is 5.10 Å². The summed E-state index contributed by atoms with van der Waals surface area (Å²) in [7, 11) is 1.74. The quantitative estimate of drug-likeness (QED) is 0.664. The van der Waals surface area contributed by atoms with Crippen molar-refractivity contribution in [3.8, 4) is 17.2 Å². The molecule has 0 aliphatic carbocycles. The average molecular weight is 395 g/mol. The number of carbonyl (C=O) groups is 1. The van der Waals surface area contributed by atoms with Crippen LogP contribution in [0.5, 0.6) is 11.5 Å². The lowest BCUT2D eigenvalue weighted by Crippen LogP contribution is -2.42. The zero-order chi connectivity index (χ0) is 20.4. The molecular weight excluding hydrogens is 373 g/mol. The van der Waals surface area contributed by atoms with E-state index in [-0.39, 0.29) is 17.8 Å². The van der Waals surface area contributed by atoms with E-state index in [4.69, 9.17) is 9.47 Å². The molecule has 6 nitrogen and oxygen atoms in total. The Kier molecular flexibility index (Phi) is 5.20. The Morgan fingerprint density at radius 1 is 1.21 bits per heavy atom. The van der Waals surface area contributed by atoms with Crippen molar-refractivity contribution in [3.63, 3.8) is 0 Å². The molecule has 1 atom stereocenters. The van der Waals surface area contributed by atoms with E-state index in [1.807, 2.05) is 31.2 Å². The number of amides is 1. The number of para-hydroxylation sites is 2. The van der Waals surface area contributed by atoms with Crippen LogP contribution in [0.1, 0.15) is 23.0 Å². The second kappa shape index (κ2) is 7.95. The maximum atomic E-state index is 13.2. The third-order valence-electron chi connectivity index (χ3n) is 4.90. The lowest BCUT2D eigenvalue weighted by molar-refractivity contribution is 0.0520. The average Bonchev–Trinajstić information content (AvgIpc) is 3.17. The van der Waals surface area contributed by atoms with Gasteiger partial charge in [0.2, 0.25) is 0 Å². The number of aromatic nitrogens is 2. The van der Waals surface area contributed by atoms with Crippen LogP contribution < -0.4 is 9.47 Å². The summed E-state index contributed by atoms with van der Waals surface area (Å²) in [5.74, 6) is 0.943. The summed E-state index contributed by atoms with van der Waals surface area (Å²) < 4.78 is 26.6. The van der Waals surface area contributed by atoms with Gasteiger partial charge >= 0.3 is 0 Å². The molecule has 2 aromatic carbocycles. The highest BCUT2D eigenvalue weighted by molar-refractivity contribution is 5.95. The Balaban J connectivity index is 1.50. The zero-order valence-electron chi connectivity index (χ0n) is 16.3. The number of ether oxygens (including phenoxy) is 2. The molecule has 0 radical (unpaired) electrons. The summed E-state index contributed by atoms with van der Waals surface area (Å²) in [6.07, 6.45) is 1.92. The molecule has 1 amide bonds. The third-order valence-corrected chi connectivity index (χ3v) is 4.90. The highest BCUT2D eigenvalue weighted by Gasteiger charge is 2.26. The van der Waals surface area contributed by atoms with Gasteiger partial charge in [-0.25, -0.2) is 9.07 Å². The summed E-state index contributed by atoms with van der Waals surface area (Å²) in [5, 5.41) is 4.36. The molecule has 0 saturated heterocycles. The first-order valence-corrected chi connectivity index (χ1v) is 9.53. The van der Waals surface area contributed by atoms with Gasteiger partial charge in [0, 0.05) is 7.05 Å². The minimum absolute atomic E-state index is 0.141. The predicted octanol–water partition coefficient (Wildman–Crippen LogP) is 3.49. The number of halogens is 1. The lowest BCUT2D eigenvalue weighted by Gasteiger charge is -2.29. The molecule has 2 heterocycles. The number of fused-ring (bicyclic) bond motifs is 1. The zero-order valence-corrected chi connectivity index (χ0v) is 16.3. The Morgan fingerprint density at radius 2 is 1.93 bits per heavy atom.